The fraction of sp³-hybridized carbons (Fsp3) is 0.538. The molecule has 0 saturated heterocycles. The van der Waals surface area contributed by atoms with Crippen LogP contribution in [0.1, 0.15) is 25.0 Å². The molecule has 0 aliphatic heterocycles. The van der Waals surface area contributed by atoms with E-state index in [1.807, 2.05) is 32.9 Å². The zero-order valence-corrected chi connectivity index (χ0v) is 10.8. The predicted molar refractivity (Wildman–Crippen MR) is 66.3 cm³/mol. The van der Waals surface area contributed by atoms with Crippen LogP contribution in [0, 0.1) is 6.92 Å². The van der Waals surface area contributed by atoms with Gasteiger partial charge in [0.2, 0.25) is 0 Å². The maximum absolute atomic E-state index is 6.03. The Morgan fingerprint density at radius 1 is 1.19 bits per heavy atom. The highest BCUT2D eigenvalue weighted by Gasteiger charge is 2.17. The highest BCUT2D eigenvalue weighted by Crippen LogP contribution is 2.33. The van der Waals surface area contributed by atoms with Gasteiger partial charge in [0, 0.05) is 5.54 Å². The molecule has 3 nitrogen and oxygen atoms in total. The summed E-state index contributed by atoms with van der Waals surface area (Å²) in [7, 11) is 3.30. The van der Waals surface area contributed by atoms with E-state index in [4.69, 9.17) is 15.2 Å². The first-order chi connectivity index (χ1) is 7.39. The molecule has 2 N–H and O–H groups in total. The number of ether oxygens (including phenoxy) is 2. The van der Waals surface area contributed by atoms with E-state index in [1.54, 1.807) is 14.2 Å². The van der Waals surface area contributed by atoms with Gasteiger partial charge in [0.05, 0.1) is 14.2 Å². The summed E-state index contributed by atoms with van der Waals surface area (Å²) in [4.78, 5) is 0. The number of hydrogen-bond acceptors (Lipinski definition) is 3. The van der Waals surface area contributed by atoms with E-state index in [1.165, 1.54) is 5.56 Å². The summed E-state index contributed by atoms with van der Waals surface area (Å²) in [5, 5.41) is 0. The van der Waals surface area contributed by atoms with E-state index in [-0.39, 0.29) is 5.54 Å². The number of nitrogens with two attached hydrogens (primary N) is 1. The molecule has 0 heterocycles. The summed E-state index contributed by atoms with van der Waals surface area (Å²) in [6, 6.07) is 3.97. The van der Waals surface area contributed by atoms with Gasteiger partial charge in [-0.05, 0) is 44.4 Å². The average Bonchev–Trinajstić information content (AvgIpc) is 2.19. The summed E-state index contributed by atoms with van der Waals surface area (Å²) in [5.74, 6) is 1.56. The molecule has 1 rings (SSSR count). The Bertz CT molecular complexity index is 367. The topological polar surface area (TPSA) is 44.5 Å². The van der Waals surface area contributed by atoms with Gasteiger partial charge in [0.1, 0.15) is 0 Å². The lowest BCUT2D eigenvalue weighted by atomic mass is 9.93. The molecule has 0 fully saturated rings. The van der Waals surface area contributed by atoms with Crippen LogP contribution in [0.5, 0.6) is 11.5 Å². The molecule has 0 atom stereocenters. The molecule has 0 bridgehead atoms. The van der Waals surface area contributed by atoms with Gasteiger partial charge in [-0.2, -0.15) is 0 Å². The first-order valence-corrected chi connectivity index (χ1v) is 5.38. The van der Waals surface area contributed by atoms with Crippen LogP contribution in [-0.4, -0.2) is 19.8 Å². The van der Waals surface area contributed by atoms with Gasteiger partial charge >= 0.3 is 0 Å². The molecule has 90 valence electrons. The van der Waals surface area contributed by atoms with Crippen molar-refractivity contribution in [1.82, 2.24) is 0 Å². The van der Waals surface area contributed by atoms with Crippen LogP contribution in [0.15, 0.2) is 12.1 Å². The number of methoxy groups -OCH3 is 2. The van der Waals surface area contributed by atoms with Gasteiger partial charge in [0.15, 0.2) is 11.5 Å². The molecular weight excluding hydrogens is 202 g/mol. The van der Waals surface area contributed by atoms with E-state index < -0.39 is 0 Å². The van der Waals surface area contributed by atoms with Gasteiger partial charge in [-0.3, -0.25) is 0 Å². The molecule has 16 heavy (non-hydrogen) atoms. The lowest BCUT2D eigenvalue weighted by Gasteiger charge is -2.21. The SMILES string of the molecule is COc1ccc(CC(C)(C)N)c(C)c1OC. The van der Waals surface area contributed by atoms with Gasteiger partial charge in [-0.15, -0.1) is 0 Å². The fourth-order valence-electron chi connectivity index (χ4n) is 1.80. The average molecular weight is 223 g/mol. The molecule has 0 aliphatic rings. The molecular formula is C13H21NO2. The first-order valence-electron chi connectivity index (χ1n) is 5.38. The van der Waals surface area contributed by atoms with Crippen molar-refractivity contribution in [2.24, 2.45) is 5.73 Å². The quantitative estimate of drug-likeness (QED) is 0.851. The highest BCUT2D eigenvalue weighted by atomic mass is 16.5. The van der Waals surface area contributed by atoms with Crippen molar-refractivity contribution in [1.29, 1.82) is 0 Å². The minimum absolute atomic E-state index is 0.218. The molecule has 1 aromatic rings. The zero-order chi connectivity index (χ0) is 12.3. The molecule has 0 radical (unpaired) electrons. The largest absolute Gasteiger partial charge is 0.493 e. The summed E-state index contributed by atoms with van der Waals surface area (Å²) >= 11 is 0. The Kier molecular flexibility index (Phi) is 3.81. The molecule has 0 aliphatic carbocycles. The highest BCUT2D eigenvalue weighted by molar-refractivity contribution is 5.50. The summed E-state index contributed by atoms with van der Waals surface area (Å²) in [5.41, 5.74) is 8.11. The molecule has 0 amide bonds. The van der Waals surface area contributed by atoms with E-state index in [9.17, 15) is 0 Å². The second-order valence-electron chi connectivity index (χ2n) is 4.75. The third-order valence-corrected chi connectivity index (χ3v) is 2.55. The fourth-order valence-corrected chi connectivity index (χ4v) is 1.80. The van der Waals surface area contributed by atoms with Crippen molar-refractivity contribution >= 4 is 0 Å². The van der Waals surface area contributed by atoms with Crippen molar-refractivity contribution < 1.29 is 9.47 Å². The van der Waals surface area contributed by atoms with Gasteiger partial charge < -0.3 is 15.2 Å². The van der Waals surface area contributed by atoms with Crippen LogP contribution < -0.4 is 15.2 Å². The van der Waals surface area contributed by atoms with Crippen LogP contribution in [0.25, 0.3) is 0 Å². The van der Waals surface area contributed by atoms with Crippen LogP contribution in [0.3, 0.4) is 0 Å². The molecule has 0 saturated carbocycles. The Labute approximate surface area is 97.6 Å². The van der Waals surface area contributed by atoms with E-state index in [0.717, 1.165) is 23.5 Å². The lowest BCUT2D eigenvalue weighted by Crippen LogP contribution is -2.34. The van der Waals surface area contributed by atoms with Crippen molar-refractivity contribution in [3.05, 3.63) is 23.3 Å². The third kappa shape index (κ3) is 2.89. The smallest absolute Gasteiger partial charge is 0.163 e. The first kappa shape index (κ1) is 12.8. The summed E-state index contributed by atoms with van der Waals surface area (Å²) in [6.07, 6.45) is 0.819. The summed E-state index contributed by atoms with van der Waals surface area (Å²) in [6.45, 7) is 6.06. The predicted octanol–water partition coefficient (Wildman–Crippen LogP) is 2.29. The Balaban J connectivity index is 3.14. The minimum atomic E-state index is -0.218. The van der Waals surface area contributed by atoms with E-state index >= 15 is 0 Å². The van der Waals surface area contributed by atoms with E-state index in [2.05, 4.69) is 0 Å². The normalized spacial score (nSPS) is 11.4. The maximum Gasteiger partial charge on any atom is 0.163 e. The van der Waals surface area contributed by atoms with Crippen LogP contribution in [0.2, 0.25) is 0 Å². The van der Waals surface area contributed by atoms with Crippen molar-refractivity contribution in [2.45, 2.75) is 32.7 Å². The van der Waals surface area contributed by atoms with Gasteiger partial charge in [-0.1, -0.05) is 6.07 Å². The number of hydrogen-bond donors (Lipinski definition) is 1. The van der Waals surface area contributed by atoms with E-state index in [0.29, 0.717) is 0 Å². The van der Waals surface area contributed by atoms with Crippen LogP contribution in [0.4, 0.5) is 0 Å². The van der Waals surface area contributed by atoms with Gasteiger partial charge in [-0.25, -0.2) is 0 Å². The Hall–Kier alpha value is -1.22. The third-order valence-electron chi connectivity index (χ3n) is 2.55. The minimum Gasteiger partial charge on any atom is -0.493 e. The number of rotatable bonds is 4. The van der Waals surface area contributed by atoms with Crippen molar-refractivity contribution in [2.75, 3.05) is 14.2 Å². The lowest BCUT2D eigenvalue weighted by molar-refractivity contribution is 0.352. The van der Waals surface area contributed by atoms with Crippen molar-refractivity contribution in [3.63, 3.8) is 0 Å². The standard InChI is InChI=1S/C13H21NO2/c1-9-10(8-13(2,3)14)6-7-11(15-4)12(9)16-5/h6-7H,8,14H2,1-5H3. The zero-order valence-electron chi connectivity index (χ0n) is 10.8. The second-order valence-corrected chi connectivity index (χ2v) is 4.75. The monoisotopic (exact) mass is 223 g/mol. The molecule has 3 heteroatoms. The molecule has 0 aromatic heterocycles. The Morgan fingerprint density at radius 3 is 2.25 bits per heavy atom. The van der Waals surface area contributed by atoms with Crippen molar-refractivity contribution in [3.8, 4) is 11.5 Å². The second kappa shape index (κ2) is 4.74. The molecule has 0 unspecified atom stereocenters. The maximum atomic E-state index is 6.03. The molecule has 1 aromatic carbocycles. The van der Waals surface area contributed by atoms with Crippen LogP contribution >= 0.6 is 0 Å². The van der Waals surface area contributed by atoms with Gasteiger partial charge in [0.25, 0.3) is 0 Å². The number of benzene rings is 1. The summed E-state index contributed by atoms with van der Waals surface area (Å²) < 4.78 is 10.6. The Morgan fingerprint density at radius 2 is 1.81 bits per heavy atom. The van der Waals surface area contributed by atoms with Crippen LogP contribution in [-0.2, 0) is 6.42 Å². The molecule has 0 spiro atoms.